The predicted octanol–water partition coefficient (Wildman–Crippen LogP) is 3.28. The molecule has 1 aromatic heterocycles. The Morgan fingerprint density at radius 1 is 1.37 bits per heavy atom. The quantitative estimate of drug-likeness (QED) is 0.805. The highest BCUT2D eigenvalue weighted by atomic mass is 35.5. The Bertz CT molecular complexity index is 646. The fourth-order valence-electron chi connectivity index (χ4n) is 2.68. The summed E-state index contributed by atoms with van der Waals surface area (Å²) in [6.07, 6.45) is 4.90. The molecule has 0 unspecified atom stereocenters. The summed E-state index contributed by atoms with van der Waals surface area (Å²) in [7, 11) is 0. The number of aryl methyl sites for hydroxylation is 3. The maximum absolute atomic E-state index is 12.6. The van der Waals surface area contributed by atoms with Crippen LogP contribution < -0.4 is 0 Å². The molecule has 3 rings (SSSR count). The number of rotatable bonds is 3. The van der Waals surface area contributed by atoms with Crippen LogP contribution in [0, 0.1) is 0 Å². The van der Waals surface area contributed by atoms with Gasteiger partial charge in [-0.3, -0.25) is 9.48 Å². The number of carbonyl (C=O) groups is 1. The number of benzene rings is 1. The van der Waals surface area contributed by atoms with Crippen LogP contribution in [0.5, 0.6) is 0 Å². The van der Waals surface area contributed by atoms with Gasteiger partial charge < -0.3 is 0 Å². The van der Waals surface area contributed by atoms with Crippen LogP contribution in [-0.2, 0) is 19.4 Å². The molecule has 1 aliphatic carbocycles. The minimum atomic E-state index is -0.0425. The van der Waals surface area contributed by atoms with Crippen molar-refractivity contribution in [1.82, 2.24) is 9.78 Å². The van der Waals surface area contributed by atoms with Gasteiger partial charge in [0.05, 0.1) is 11.2 Å². The van der Waals surface area contributed by atoms with E-state index < -0.39 is 0 Å². The fourth-order valence-corrected chi connectivity index (χ4v) is 2.90. The Kier molecular flexibility index (Phi) is 3.15. The third kappa shape index (κ3) is 2.08. The molecule has 0 saturated heterocycles. The lowest BCUT2D eigenvalue weighted by Crippen LogP contribution is -2.11. The van der Waals surface area contributed by atoms with E-state index in [9.17, 15) is 4.79 Å². The lowest BCUT2D eigenvalue weighted by atomic mass is 10.0. The number of fused-ring (bicyclic) bond motifs is 1. The minimum Gasteiger partial charge on any atom is -0.287 e. The molecule has 19 heavy (non-hydrogen) atoms. The van der Waals surface area contributed by atoms with Crippen molar-refractivity contribution in [1.29, 1.82) is 0 Å². The molecule has 0 N–H and O–H groups in total. The van der Waals surface area contributed by atoms with Gasteiger partial charge in [-0.05, 0) is 43.4 Å². The van der Waals surface area contributed by atoms with Crippen molar-refractivity contribution in [3.63, 3.8) is 0 Å². The van der Waals surface area contributed by atoms with Gasteiger partial charge in [0.25, 0.3) is 0 Å². The van der Waals surface area contributed by atoms with Crippen molar-refractivity contribution >= 4 is 17.4 Å². The Morgan fingerprint density at radius 3 is 2.95 bits per heavy atom. The van der Waals surface area contributed by atoms with Crippen LogP contribution in [0.15, 0.2) is 24.4 Å². The van der Waals surface area contributed by atoms with Gasteiger partial charge in [0.15, 0.2) is 0 Å². The zero-order valence-corrected chi connectivity index (χ0v) is 11.6. The highest BCUT2D eigenvalue weighted by Gasteiger charge is 2.20. The van der Waals surface area contributed by atoms with Crippen LogP contribution in [-0.4, -0.2) is 15.6 Å². The molecule has 3 nitrogen and oxygen atoms in total. The van der Waals surface area contributed by atoms with E-state index in [4.69, 9.17) is 11.6 Å². The van der Waals surface area contributed by atoms with E-state index in [0.29, 0.717) is 22.8 Å². The van der Waals surface area contributed by atoms with Crippen molar-refractivity contribution in [2.24, 2.45) is 0 Å². The van der Waals surface area contributed by atoms with Crippen molar-refractivity contribution in [2.45, 2.75) is 32.7 Å². The third-order valence-electron chi connectivity index (χ3n) is 3.67. The first-order valence-corrected chi connectivity index (χ1v) is 6.96. The van der Waals surface area contributed by atoms with Gasteiger partial charge in [-0.1, -0.05) is 23.7 Å². The molecule has 1 aromatic carbocycles. The highest BCUT2D eigenvalue weighted by Crippen LogP contribution is 2.25. The van der Waals surface area contributed by atoms with Crippen molar-refractivity contribution in [3.8, 4) is 0 Å². The number of carbonyl (C=O) groups excluding carboxylic acids is 1. The summed E-state index contributed by atoms with van der Waals surface area (Å²) in [5.41, 5.74) is 3.86. The first kappa shape index (κ1) is 12.4. The monoisotopic (exact) mass is 274 g/mol. The van der Waals surface area contributed by atoms with Gasteiger partial charge in [0.2, 0.25) is 5.78 Å². The largest absolute Gasteiger partial charge is 0.287 e. The third-order valence-corrected chi connectivity index (χ3v) is 3.95. The summed E-state index contributed by atoms with van der Waals surface area (Å²) in [6.45, 7) is 2.58. The van der Waals surface area contributed by atoms with Gasteiger partial charge in [0, 0.05) is 12.1 Å². The normalized spacial score (nSPS) is 13.6. The summed E-state index contributed by atoms with van der Waals surface area (Å²) in [6, 6.07) is 5.97. The van der Waals surface area contributed by atoms with Gasteiger partial charge in [-0.25, -0.2) is 0 Å². The molecule has 0 radical (unpaired) electrons. The standard InChI is InChI=1S/C15H15ClN2O/c1-2-18-14(13(16)9-17-18)15(19)12-7-6-10-4-3-5-11(10)8-12/h6-9H,2-5H2,1H3. The zero-order valence-electron chi connectivity index (χ0n) is 10.8. The van der Waals surface area contributed by atoms with Crippen LogP contribution in [0.2, 0.25) is 5.02 Å². The van der Waals surface area contributed by atoms with Crippen molar-refractivity contribution in [3.05, 3.63) is 51.8 Å². The number of nitrogens with zero attached hydrogens (tertiary/aromatic N) is 2. The summed E-state index contributed by atoms with van der Waals surface area (Å²) in [4.78, 5) is 12.6. The summed E-state index contributed by atoms with van der Waals surface area (Å²) >= 11 is 6.08. The van der Waals surface area contributed by atoms with Gasteiger partial charge >= 0.3 is 0 Å². The predicted molar refractivity (Wildman–Crippen MR) is 74.8 cm³/mol. The molecule has 0 fully saturated rings. The molecule has 98 valence electrons. The average Bonchev–Trinajstić information content (AvgIpc) is 3.02. The zero-order chi connectivity index (χ0) is 13.4. The van der Waals surface area contributed by atoms with Crippen molar-refractivity contribution in [2.75, 3.05) is 0 Å². The number of aromatic nitrogens is 2. The topological polar surface area (TPSA) is 34.9 Å². The number of hydrogen-bond acceptors (Lipinski definition) is 2. The maximum Gasteiger partial charge on any atom is 0.212 e. The molecule has 0 bridgehead atoms. The Morgan fingerprint density at radius 2 is 2.16 bits per heavy atom. The molecule has 0 aliphatic heterocycles. The van der Waals surface area contributed by atoms with E-state index in [-0.39, 0.29) is 5.78 Å². The molecule has 0 spiro atoms. The summed E-state index contributed by atoms with van der Waals surface area (Å²) in [5, 5.41) is 4.54. The molecule has 1 heterocycles. The Labute approximate surface area is 117 Å². The van der Waals surface area contributed by atoms with Crippen LogP contribution in [0.3, 0.4) is 0 Å². The van der Waals surface area contributed by atoms with Crippen molar-refractivity contribution < 1.29 is 4.79 Å². The first-order chi connectivity index (χ1) is 9.20. The first-order valence-electron chi connectivity index (χ1n) is 6.58. The second-order valence-electron chi connectivity index (χ2n) is 4.82. The van der Waals surface area contributed by atoms with Crippen LogP contribution >= 0.6 is 11.6 Å². The van der Waals surface area contributed by atoms with Crippen LogP contribution in [0.1, 0.15) is 40.5 Å². The van der Waals surface area contributed by atoms with E-state index in [1.165, 1.54) is 23.7 Å². The second-order valence-corrected chi connectivity index (χ2v) is 5.23. The van der Waals surface area contributed by atoms with E-state index in [0.717, 1.165) is 12.8 Å². The SMILES string of the molecule is CCn1ncc(Cl)c1C(=O)c1ccc2c(c1)CCC2. The lowest BCUT2D eigenvalue weighted by Gasteiger charge is -2.07. The second kappa shape index (κ2) is 4.82. The van der Waals surface area contributed by atoms with E-state index in [1.807, 2.05) is 19.1 Å². The van der Waals surface area contributed by atoms with E-state index in [1.54, 1.807) is 4.68 Å². The molecule has 0 saturated carbocycles. The molecule has 0 amide bonds. The molecular formula is C15H15ClN2O. The van der Waals surface area contributed by atoms with E-state index >= 15 is 0 Å². The lowest BCUT2D eigenvalue weighted by molar-refractivity contribution is 0.102. The summed E-state index contributed by atoms with van der Waals surface area (Å²) < 4.78 is 1.65. The fraction of sp³-hybridized carbons (Fsp3) is 0.333. The minimum absolute atomic E-state index is 0.0425. The molecule has 4 heteroatoms. The van der Waals surface area contributed by atoms with Gasteiger partial charge in [0.1, 0.15) is 5.69 Å². The number of halogens is 1. The van der Waals surface area contributed by atoms with Crippen LogP contribution in [0.4, 0.5) is 0 Å². The number of ketones is 1. The Balaban J connectivity index is 2.02. The van der Waals surface area contributed by atoms with Gasteiger partial charge in [-0.2, -0.15) is 5.10 Å². The average molecular weight is 275 g/mol. The highest BCUT2D eigenvalue weighted by molar-refractivity contribution is 6.34. The summed E-state index contributed by atoms with van der Waals surface area (Å²) in [5.74, 6) is -0.0425. The molecule has 1 aliphatic rings. The molecule has 2 aromatic rings. The van der Waals surface area contributed by atoms with E-state index in [2.05, 4.69) is 11.2 Å². The molecular weight excluding hydrogens is 260 g/mol. The van der Waals surface area contributed by atoms with Crippen LogP contribution in [0.25, 0.3) is 0 Å². The Hall–Kier alpha value is -1.61. The smallest absolute Gasteiger partial charge is 0.212 e. The van der Waals surface area contributed by atoms with Gasteiger partial charge in [-0.15, -0.1) is 0 Å². The molecule has 0 atom stereocenters. The number of hydrogen-bond donors (Lipinski definition) is 0. The maximum atomic E-state index is 12.6.